The molecule has 1 aliphatic carbocycles. The molecule has 0 bridgehead atoms. The Morgan fingerprint density at radius 3 is 2.94 bits per heavy atom. The average Bonchev–Trinajstić information content (AvgIpc) is 2.28. The van der Waals surface area contributed by atoms with Crippen LogP contribution in [0.4, 0.5) is 4.39 Å². The molecule has 0 saturated heterocycles. The van der Waals surface area contributed by atoms with Crippen molar-refractivity contribution in [2.75, 3.05) is 13.7 Å². The molecule has 3 atom stereocenters. The lowest BCUT2D eigenvalue weighted by atomic mass is 9.80. The first kappa shape index (κ1) is 13.4. The van der Waals surface area contributed by atoms with Gasteiger partial charge in [-0.1, -0.05) is 0 Å². The van der Waals surface area contributed by atoms with Crippen LogP contribution in [0.25, 0.3) is 0 Å². The van der Waals surface area contributed by atoms with Gasteiger partial charge in [0.1, 0.15) is 5.60 Å². The molecule has 16 heavy (non-hydrogen) atoms. The maximum Gasteiger partial charge on any atom is 0.343 e. The Morgan fingerprint density at radius 2 is 2.38 bits per heavy atom. The van der Waals surface area contributed by atoms with Gasteiger partial charge in [-0.15, -0.1) is 0 Å². The van der Waals surface area contributed by atoms with Crippen LogP contribution in [0.3, 0.4) is 0 Å². The second kappa shape index (κ2) is 5.59. The molecule has 0 amide bonds. The first-order valence-electron chi connectivity index (χ1n) is 5.59. The zero-order valence-electron chi connectivity index (χ0n) is 9.74. The quantitative estimate of drug-likeness (QED) is 0.743. The highest BCUT2D eigenvalue weighted by atomic mass is 19.1. The molecule has 1 saturated carbocycles. The van der Waals surface area contributed by atoms with Crippen LogP contribution in [0.5, 0.6) is 0 Å². The maximum atomic E-state index is 13.8. The molecule has 0 aliphatic heterocycles. The number of carbonyl (C=O) groups is 1. The molecule has 5 heteroatoms. The van der Waals surface area contributed by atoms with Gasteiger partial charge in [0, 0.05) is 13.5 Å². The van der Waals surface area contributed by atoms with E-state index < -0.39 is 17.7 Å². The summed E-state index contributed by atoms with van der Waals surface area (Å²) in [5.74, 6) is -0.984. The van der Waals surface area contributed by atoms with E-state index in [0.717, 1.165) is 6.42 Å². The van der Waals surface area contributed by atoms with Gasteiger partial charge in [-0.2, -0.15) is 0 Å². The van der Waals surface area contributed by atoms with Crippen molar-refractivity contribution in [2.24, 2.45) is 0 Å². The van der Waals surface area contributed by atoms with Crippen molar-refractivity contribution in [2.45, 2.75) is 50.5 Å². The molecule has 0 aromatic rings. The van der Waals surface area contributed by atoms with Gasteiger partial charge in [-0.25, -0.2) is 9.18 Å². The molecule has 1 fully saturated rings. The molecule has 1 rings (SSSR count). The van der Waals surface area contributed by atoms with E-state index in [1.54, 1.807) is 6.92 Å². The number of carbonyl (C=O) groups excluding carboxylic acids is 1. The molecule has 0 heterocycles. The van der Waals surface area contributed by atoms with Crippen molar-refractivity contribution in [3.05, 3.63) is 0 Å². The van der Waals surface area contributed by atoms with Gasteiger partial charge in [-0.3, -0.25) is 0 Å². The van der Waals surface area contributed by atoms with Crippen LogP contribution in [0, 0.1) is 0 Å². The molecule has 1 aliphatic rings. The summed E-state index contributed by atoms with van der Waals surface area (Å²) >= 11 is 0. The van der Waals surface area contributed by atoms with Crippen LogP contribution < -0.4 is 0 Å². The van der Waals surface area contributed by atoms with E-state index >= 15 is 0 Å². The summed E-state index contributed by atoms with van der Waals surface area (Å²) in [5.41, 5.74) is -1.63. The molecule has 0 aromatic carbocycles. The number of esters is 1. The lowest BCUT2D eigenvalue weighted by molar-refractivity contribution is -0.167. The smallest absolute Gasteiger partial charge is 0.343 e. The molecule has 1 N–H and O–H groups in total. The van der Waals surface area contributed by atoms with Crippen LogP contribution in [-0.2, 0) is 14.3 Å². The number of methoxy groups -OCH3 is 1. The third-order valence-electron chi connectivity index (χ3n) is 3.02. The minimum absolute atomic E-state index is 0.114. The number of ether oxygens (including phenoxy) is 2. The van der Waals surface area contributed by atoms with Crippen LogP contribution in [0.2, 0.25) is 0 Å². The number of aliphatic hydroxyl groups is 1. The van der Waals surface area contributed by atoms with Crippen LogP contribution in [0.15, 0.2) is 0 Å². The first-order chi connectivity index (χ1) is 7.53. The van der Waals surface area contributed by atoms with Crippen molar-refractivity contribution in [1.82, 2.24) is 0 Å². The zero-order chi connectivity index (χ0) is 12.2. The Bertz CT molecular complexity index is 246. The average molecular weight is 234 g/mol. The zero-order valence-corrected chi connectivity index (χ0v) is 9.74. The Labute approximate surface area is 94.7 Å². The van der Waals surface area contributed by atoms with Crippen LogP contribution in [-0.4, -0.2) is 42.7 Å². The summed E-state index contributed by atoms with van der Waals surface area (Å²) < 4.78 is 23.5. The highest BCUT2D eigenvalue weighted by Gasteiger charge is 2.46. The molecule has 94 valence electrons. The fourth-order valence-electron chi connectivity index (χ4n) is 2.10. The van der Waals surface area contributed by atoms with Crippen molar-refractivity contribution in [3.8, 4) is 0 Å². The minimum Gasteiger partial charge on any atom is -0.464 e. The normalized spacial score (nSPS) is 32.1. The number of rotatable bonds is 4. The van der Waals surface area contributed by atoms with E-state index in [-0.39, 0.29) is 25.6 Å². The number of halogens is 1. The van der Waals surface area contributed by atoms with Gasteiger partial charge in [0.2, 0.25) is 6.17 Å². The standard InChI is InChI=1S/C11H19FO4/c1-3-16-10(13)9(12)11(14)6-4-5-8(7-11)15-2/h8-9,14H,3-7H2,1-2H3. The maximum absolute atomic E-state index is 13.8. The lowest BCUT2D eigenvalue weighted by Crippen LogP contribution is -2.49. The summed E-state index contributed by atoms with van der Waals surface area (Å²) in [6.45, 7) is 1.72. The summed E-state index contributed by atoms with van der Waals surface area (Å²) in [6, 6.07) is 0. The van der Waals surface area contributed by atoms with Gasteiger partial charge in [0.05, 0.1) is 12.7 Å². The molecule has 3 unspecified atom stereocenters. The van der Waals surface area contributed by atoms with Crippen LogP contribution >= 0.6 is 0 Å². The molecule has 4 nitrogen and oxygen atoms in total. The van der Waals surface area contributed by atoms with Gasteiger partial charge >= 0.3 is 5.97 Å². The molecule has 0 radical (unpaired) electrons. The Morgan fingerprint density at radius 1 is 1.69 bits per heavy atom. The summed E-state index contributed by atoms with van der Waals surface area (Å²) in [6.07, 6.45) is -0.323. The summed E-state index contributed by atoms with van der Waals surface area (Å²) in [4.78, 5) is 11.2. The van der Waals surface area contributed by atoms with Crippen molar-refractivity contribution >= 4 is 5.97 Å². The highest BCUT2D eigenvalue weighted by molar-refractivity contribution is 5.76. The van der Waals surface area contributed by atoms with E-state index in [9.17, 15) is 14.3 Å². The van der Waals surface area contributed by atoms with Crippen LogP contribution in [0.1, 0.15) is 32.6 Å². The van der Waals surface area contributed by atoms with Crippen molar-refractivity contribution in [3.63, 3.8) is 0 Å². The monoisotopic (exact) mass is 234 g/mol. The second-order valence-corrected chi connectivity index (χ2v) is 4.17. The first-order valence-corrected chi connectivity index (χ1v) is 5.59. The predicted octanol–water partition coefficient (Wildman–Crippen LogP) is 1.21. The lowest BCUT2D eigenvalue weighted by Gasteiger charge is -2.37. The molecular weight excluding hydrogens is 215 g/mol. The van der Waals surface area contributed by atoms with E-state index in [2.05, 4.69) is 4.74 Å². The van der Waals surface area contributed by atoms with Gasteiger partial charge in [0.15, 0.2) is 0 Å². The fourth-order valence-corrected chi connectivity index (χ4v) is 2.10. The second-order valence-electron chi connectivity index (χ2n) is 4.17. The Kier molecular flexibility index (Phi) is 4.68. The van der Waals surface area contributed by atoms with Gasteiger partial charge in [-0.05, 0) is 26.2 Å². The minimum atomic E-state index is -1.98. The summed E-state index contributed by atoms with van der Waals surface area (Å²) in [5, 5.41) is 10.1. The van der Waals surface area contributed by atoms with E-state index in [1.165, 1.54) is 7.11 Å². The third kappa shape index (κ3) is 2.92. The molecule has 0 aromatic heterocycles. The van der Waals surface area contributed by atoms with Crippen molar-refractivity contribution < 1.29 is 23.8 Å². The topological polar surface area (TPSA) is 55.8 Å². The predicted molar refractivity (Wildman–Crippen MR) is 55.7 cm³/mol. The number of hydrogen-bond acceptors (Lipinski definition) is 4. The fraction of sp³-hybridized carbons (Fsp3) is 0.909. The van der Waals surface area contributed by atoms with E-state index in [0.29, 0.717) is 6.42 Å². The SMILES string of the molecule is CCOC(=O)C(F)C1(O)CCCC(OC)C1. The molecular formula is C11H19FO4. The Balaban J connectivity index is 2.64. The largest absolute Gasteiger partial charge is 0.464 e. The van der Waals surface area contributed by atoms with Crippen molar-refractivity contribution in [1.29, 1.82) is 0 Å². The number of hydrogen-bond donors (Lipinski definition) is 1. The Hall–Kier alpha value is -0.680. The molecule has 0 spiro atoms. The van der Waals surface area contributed by atoms with Gasteiger partial charge < -0.3 is 14.6 Å². The summed E-state index contributed by atoms with van der Waals surface area (Å²) in [7, 11) is 1.52. The van der Waals surface area contributed by atoms with E-state index in [4.69, 9.17) is 4.74 Å². The third-order valence-corrected chi connectivity index (χ3v) is 3.02. The highest BCUT2D eigenvalue weighted by Crippen LogP contribution is 2.34. The number of alkyl halides is 1. The van der Waals surface area contributed by atoms with Gasteiger partial charge in [0.25, 0.3) is 0 Å². The van der Waals surface area contributed by atoms with E-state index in [1.807, 2.05) is 0 Å².